The van der Waals surface area contributed by atoms with E-state index in [-0.39, 0.29) is 23.1 Å². The van der Waals surface area contributed by atoms with E-state index in [9.17, 15) is 9.59 Å². The van der Waals surface area contributed by atoms with Gasteiger partial charge in [0.1, 0.15) is 19.3 Å². The summed E-state index contributed by atoms with van der Waals surface area (Å²) in [5.74, 6) is 0.627. The predicted molar refractivity (Wildman–Crippen MR) is 117 cm³/mol. The first kappa shape index (κ1) is 21.7. The van der Waals surface area contributed by atoms with Crippen molar-refractivity contribution >= 4 is 17.5 Å². The van der Waals surface area contributed by atoms with Crippen LogP contribution >= 0.6 is 0 Å². The molecule has 0 saturated carbocycles. The van der Waals surface area contributed by atoms with E-state index in [1.54, 1.807) is 30.3 Å². The number of hydrogen-bond donors (Lipinski definition) is 2. The lowest BCUT2D eigenvalue weighted by atomic mass is 9.86. The van der Waals surface area contributed by atoms with E-state index in [1.165, 1.54) is 0 Å². The molecular weight excluding hydrogens is 380 g/mol. The van der Waals surface area contributed by atoms with E-state index < -0.39 is 6.04 Å². The molecule has 0 saturated heterocycles. The molecule has 2 aromatic carbocycles. The maximum absolute atomic E-state index is 12.9. The monoisotopic (exact) mass is 410 g/mol. The van der Waals surface area contributed by atoms with Crippen LogP contribution < -0.4 is 20.1 Å². The first-order chi connectivity index (χ1) is 14.1. The third-order valence-electron chi connectivity index (χ3n) is 5.06. The van der Waals surface area contributed by atoms with Crippen LogP contribution in [0.15, 0.2) is 42.5 Å². The Hall–Kier alpha value is -3.02. The van der Waals surface area contributed by atoms with E-state index in [1.807, 2.05) is 26.0 Å². The summed E-state index contributed by atoms with van der Waals surface area (Å²) in [4.78, 5) is 25.6. The van der Waals surface area contributed by atoms with Crippen molar-refractivity contribution in [1.29, 1.82) is 0 Å². The molecule has 2 aromatic rings. The highest BCUT2D eigenvalue weighted by Crippen LogP contribution is 2.32. The maximum atomic E-state index is 12.9. The zero-order valence-electron chi connectivity index (χ0n) is 18.2. The lowest BCUT2D eigenvalue weighted by Crippen LogP contribution is -2.47. The maximum Gasteiger partial charge on any atom is 0.251 e. The van der Waals surface area contributed by atoms with Gasteiger partial charge < -0.3 is 20.1 Å². The fourth-order valence-corrected chi connectivity index (χ4v) is 3.22. The van der Waals surface area contributed by atoms with Crippen molar-refractivity contribution in [3.05, 3.63) is 53.6 Å². The molecule has 1 heterocycles. The molecule has 0 aromatic heterocycles. The number of rotatable bonds is 5. The molecular formula is C24H30N2O4. The summed E-state index contributed by atoms with van der Waals surface area (Å²) < 4.78 is 11.1. The Morgan fingerprint density at radius 1 is 0.933 bits per heavy atom. The summed E-state index contributed by atoms with van der Waals surface area (Å²) in [5, 5.41) is 5.74. The number of benzene rings is 2. The van der Waals surface area contributed by atoms with Gasteiger partial charge in [-0.15, -0.1) is 0 Å². The smallest absolute Gasteiger partial charge is 0.251 e. The van der Waals surface area contributed by atoms with Crippen LogP contribution in [0, 0.1) is 5.92 Å². The quantitative estimate of drug-likeness (QED) is 0.776. The average Bonchev–Trinajstić information content (AvgIpc) is 2.70. The van der Waals surface area contributed by atoms with E-state index >= 15 is 0 Å². The molecule has 0 fully saturated rings. The summed E-state index contributed by atoms with van der Waals surface area (Å²) in [5.41, 5.74) is 2.29. The second-order valence-corrected chi connectivity index (χ2v) is 8.87. The first-order valence-corrected chi connectivity index (χ1v) is 10.3. The minimum absolute atomic E-state index is 0.0129. The summed E-state index contributed by atoms with van der Waals surface area (Å²) in [6.45, 7) is 11.2. The van der Waals surface area contributed by atoms with E-state index in [2.05, 4.69) is 31.4 Å². The van der Waals surface area contributed by atoms with Gasteiger partial charge in [-0.25, -0.2) is 0 Å². The lowest BCUT2D eigenvalue weighted by molar-refractivity contribution is -0.118. The molecule has 2 N–H and O–H groups in total. The topological polar surface area (TPSA) is 76.7 Å². The molecule has 1 aliphatic rings. The van der Waals surface area contributed by atoms with Gasteiger partial charge in [-0.05, 0) is 41.2 Å². The van der Waals surface area contributed by atoms with Gasteiger partial charge in [-0.2, -0.15) is 0 Å². The number of hydrogen-bond acceptors (Lipinski definition) is 4. The second kappa shape index (κ2) is 8.78. The number of nitrogens with one attached hydrogen (secondary N) is 2. The Balaban J connectivity index is 1.69. The zero-order valence-corrected chi connectivity index (χ0v) is 18.2. The van der Waals surface area contributed by atoms with Crippen LogP contribution in [0.3, 0.4) is 0 Å². The van der Waals surface area contributed by atoms with Gasteiger partial charge in [-0.3, -0.25) is 9.59 Å². The van der Waals surface area contributed by atoms with E-state index in [0.29, 0.717) is 36.0 Å². The Bertz CT molecular complexity index is 914. The molecule has 0 unspecified atom stereocenters. The number of fused-ring (bicyclic) bond motifs is 1. The molecule has 160 valence electrons. The number of ether oxygens (including phenoxy) is 2. The third kappa shape index (κ3) is 5.12. The summed E-state index contributed by atoms with van der Waals surface area (Å²) >= 11 is 0. The molecule has 0 radical (unpaired) electrons. The van der Waals surface area contributed by atoms with Gasteiger partial charge in [0.05, 0.1) is 0 Å². The van der Waals surface area contributed by atoms with Crippen molar-refractivity contribution in [3.63, 3.8) is 0 Å². The molecule has 2 amide bonds. The van der Waals surface area contributed by atoms with Gasteiger partial charge >= 0.3 is 0 Å². The standard InChI is InChI=1S/C24H30N2O4/c1-15(2)21(26-22(27)16-6-8-17(9-7-16)24(3,4)5)23(28)25-18-10-11-19-20(14-18)30-13-12-29-19/h6-11,14-15,21H,12-13H2,1-5H3,(H,25,28)(H,26,27)/t21-/m0/s1. The van der Waals surface area contributed by atoms with Crippen LogP contribution in [0.4, 0.5) is 5.69 Å². The summed E-state index contributed by atoms with van der Waals surface area (Å²) in [7, 11) is 0. The highest BCUT2D eigenvalue weighted by atomic mass is 16.6. The van der Waals surface area contributed by atoms with Crippen LogP contribution in [0.25, 0.3) is 0 Å². The lowest BCUT2D eigenvalue weighted by Gasteiger charge is -2.23. The number of carbonyl (C=O) groups is 2. The van der Waals surface area contributed by atoms with Gasteiger partial charge in [0, 0.05) is 17.3 Å². The molecule has 0 spiro atoms. The predicted octanol–water partition coefficient (Wildman–Crippen LogP) is 4.15. The molecule has 1 aliphatic heterocycles. The van der Waals surface area contributed by atoms with E-state index in [4.69, 9.17) is 9.47 Å². The van der Waals surface area contributed by atoms with Crippen LogP contribution in [0.5, 0.6) is 11.5 Å². The molecule has 0 bridgehead atoms. The van der Waals surface area contributed by atoms with Gasteiger partial charge in [0.2, 0.25) is 5.91 Å². The third-order valence-corrected chi connectivity index (χ3v) is 5.06. The number of carbonyl (C=O) groups excluding carboxylic acids is 2. The van der Waals surface area contributed by atoms with Crippen molar-refractivity contribution in [2.75, 3.05) is 18.5 Å². The van der Waals surface area contributed by atoms with Crippen LogP contribution in [0.2, 0.25) is 0 Å². The van der Waals surface area contributed by atoms with Gasteiger partial charge in [0.15, 0.2) is 11.5 Å². The van der Waals surface area contributed by atoms with Crippen molar-refractivity contribution in [1.82, 2.24) is 5.32 Å². The number of anilines is 1. The minimum Gasteiger partial charge on any atom is -0.486 e. The van der Waals surface area contributed by atoms with Gasteiger partial charge in [0.25, 0.3) is 5.91 Å². The Kier molecular flexibility index (Phi) is 6.34. The molecule has 1 atom stereocenters. The van der Waals surface area contributed by atoms with Crippen molar-refractivity contribution in [3.8, 4) is 11.5 Å². The highest BCUT2D eigenvalue weighted by Gasteiger charge is 2.25. The molecule has 6 nitrogen and oxygen atoms in total. The average molecular weight is 411 g/mol. The van der Waals surface area contributed by atoms with Crippen LogP contribution in [-0.4, -0.2) is 31.1 Å². The molecule has 3 rings (SSSR count). The fraction of sp³-hybridized carbons (Fsp3) is 0.417. The fourth-order valence-electron chi connectivity index (χ4n) is 3.22. The largest absolute Gasteiger partial charge is 0.486 e. The summed E-state index contributed by atoms with van der Waals surface area (Å²) in [6.07, 6.45) is 0. The van der Waals surface area contributed by atoms with Gasteiger partial charge in [-0.1, -0.05) is 46.8 Å². The summed E-state index contributed by atoms with van der Waals surface area (Å²) in [6, 6.07) is 12.1. The second-order valence-electron chi connectivity index (χ2n) is 8.87. The highest BCUT2D eigenvalue weighted by molar-refractivity contribution is 6.01. The van der Waals surface area contributed by atoms with Crippen LogP contribution in [-0.2, 0) is 10.2 Å². The SMILES string of the molecule is CC(C)[C@H](NC(=O)c1ccc(C(C)(C)C)cc1)C(=O)Nc1ccc2c(c1)OCCO2. The normalized spacial score (nSPS) is 14.2. The Morgan fingerprint density at radius 3 is 2.17 bits per heavy atom. The Labute approximate surface area is 178 Å². The minimum atomic E-state index is -0.673. The van der Waals surface area contributed by atoms with E-state index in [0.717, 1.165) is 5.56 Å². The van der Waals surface area contributed by atoms with Crippen LogP contribution in [0.1, 0.15) is 50.5 Å². The molecule has 6 heteroatoms. The van der Waals surface area contributed by atoms with Crippen molar-refractivity contribution in [2.24, 2.45) is 5.92 Å². The Morgan fingerprint density at radius 2 is 1.57 bits per heavy atom. The zero-order chi connectivity index (χ0) is 21.9. The van der Waals surface area contributed by atoms with Crippen molar-refractivity contribution in [2.45, 2.75) is 46.1 Å². The first-order valence-electron chi connectivity index (χ1n) is 10.3. The molecule has 0 aliphatic carbocycles. The molecule has 30 heavy (non-hydrogen) atoms. The number of amides is 2. The van der Waals surface area contributed by atoms with Crippen molar-refractivity contribution < 1.29 is 19.1 Å².